The largest absolute Gasteiger partial charge is 0.496 e. The number of hydrogen-bond acceptors (Lipinski definition) is 4. The number of nitrogens with one attached hydrogen (secondary N) is 1. The number of methoxy groups -OCH3 is 1. The number of carbonyl (C=O) groups is 1. The predicted molar refractivity (Wildman–Crippen MR) is 120 cm³/mol. The molecule has 5 nitrogen and oxygen atoms in total. The molecule has 152 valence electrons. The number of ether oxygens (including phenoxy) is 1. The number of amides is 1. The van der Waals surface area contributed by atoms with Crippen LogP contribution in [0.1, 0.15) is 27.0 Å². The van der Waals surface area contributed by atoms with E-state index in [1.54, 1.807) is 25.3 Å². The zero-order valence-corrected chi connectivity index (χ0v) is 17.9. The van der Waals surface area contributed by atoms with E-state index in [0.29, 0.717) is 27.9 Å². The summed E-state index contributed by atoms with van der Waals surface area (Å²) in [6, 6.07) is 14.7. The summed E-state index contributed by atoms with van der Waals surface area (Å²) in [4.78, 5) is 17.5. The van der Waals surface area contributed by atoms with Gasteiger partial charge in [-0.15, -0.1) is 0 Å². The number of halogens is 1. The quantitative estimate of drug-likeness (QED) is 0.418. The van der Waals surface area contributed by atoms with Crippen LogP contribution < -0.4 is 10.1 Å². The molecular weight excluding hydrogens is 400 g/mol. The highest BCUT2D eigenvalue weighted by atomic mass is 35.5. The number of para-hydroxylation sites is 1. The second-order valence-corrected chi connectivity index (χ2v) is 7.66. The Morgan fingerprint density at radius 2 is 1.87 bits per heavy atom. The van der Waals surface area contributed by atoms with E-state index < -0.39 is 0 Å². The number of rotatable bonds is 4. The van der Waals surface area contributed by atoms with Crippen molar-refractivity contribution in [2.24, 2.45) is 0 Å². The van der Waals surface area contributed by atoms with E-state index in [2.05, 4.69) is 16.4 Å². The van der Waals surface area contributed by atoms with E-state index in [1.807, 2.05) is 45.0 Å². The standard InChI is InChI=1S/C24H21ClN2O3/c1-13-10-15(3)22-20(11-13)27-24(30-22)16-8-9-18(25)19(12-16)26-23(28)17-7-5-6-14(2)21(17)29-4/h5-12H,1-4H3,(H,26,28). The lowest BCUT2D eigenvalue weighted by Crippen LogP contribution is -2.14. The Balaban J connectivity index is 1.70. The van der Waals surface area contributed by atoms with Crippen molar-refractivity contribution < 1.29 is 13.9 Å². The highest BCUT2D eigenvalue weighted by Crippen LogP contribution is 2.32. The Hall–Kier alpha value is -3.31. The topological polar surface area (TPSA) is 64.4 Å². The molecule has 0 spiro atoms. The Morgan fingerprint density at radius 1 is 1.07 bits per heavy atom. The number of oxazole rings is 1. The monoisotopic (exact) mass is 420 g/mol. The fraction of sp³-hybridized carbons (Fsp3) is 0.167. The van der Waals surface area contributed by atoms with E-state index in [1.165, 1.54) is 0 Å². The van der Waals surface area contributed by atoms with Gasteiger partial charge in [0.2, 0.25) is 5.89 Å². The minimum Gasteiger partial charge on any atom is -0.496 e. The fourth-order valence-electron chi connectivity index (χ4n) is 3.55. The van der Waals surface area contributed by atoms with Crippen molar-refractivity contribution in [2.45, 2.75) is 20.8 Å². The molecule has 1 heterocycles. The molecule has 0 fully saturated rings. The molecule has 1 aromatic heterocycles. The average Bonchev–Trinajstić information content (AvgIpc) is 3.13. The lowest BCUT2D eigenvalue weighted by molar-refractivity contribution is 0.102. The maximum Gasteiger partial charge on any atom is 0.259 e. The van der Waals surface area contributed by atoms with E-state index in [4.69, 9.17) is 20.8 Å². The average molecular weight is 421 g/mol. The molecule has 0 radical (unpaired) electrons. The van der Waals surface area contributed by atoms with Crippen molar-refractivity contribution in [2.75, 3.05) is 12.4 Å². The summed E-state index contributed by atoms with van der Waals surface area (Å²) in [6.07, 6.45) is 0. The van der Waals surface area contributed by atoms with Gasteiger partial charge in [-0.25, -0.2) is 4.98 Å². The van der Waals surface area contributed by atoms with Gasteiger partial charge in [-0.05, 0) is 67.8 Å². The lowest BCUT2D eigenvalue weighted by Gasteiger charge is -2.12. The lowest BCUT2D eigenvalue weighted by atomic mass is 10.1. The van der Waals surface area contributed by atoms with Crippen LogP contribution in [-0.4, -0.2) is 18.0 Å². The van der Waals surface area contributed by atoms with Crippen LogP contribution in [0.5, 0.6) is 5.75 Å². The first-order chi connectivity index (χ1) is 14.4. The number of anilines is 1. The van der Waals surface area contributed by atoms with E-state index >= 15 is 0 Å². The molecule has 0 aliphatic rings. The number of hydrogen-bond donors (Lipinski definition) is 1. The molecule has 0 saturated heterocycles. The molecule has 0 bridgehead atoms. The highest BCUT2D eigenvalue weighted by molar-refractivity contribution is 6.34. The number of fused-ring (bicyclic) bond motifs is 1. The maximum absolute atomic E-state index is 12.9. The van der Waals surface area contributed by atoms with Crippen LogP contribution in [-0.2, 0) is 0 Å². The Kier molecular flexibility index (Phi) is 5.22. The normalized spacial score (nSPS) is 11.0. The summed E-state index contributed by atoms with van der Waals surface area (Å²) in [5, 5.41) is 3.29. The van der Waals surface area contributed by atoms with Gasteiger partial charge in [-0.3, -0.25) is 4.79 Å². The molecule has 4 rings (SSSR count). The van der Waals surface area contributed by atoms with Crippen LogP contribution in [0.2, 0.25) is 5.02 Å². The van der Waals surface area contributed by atoms with Gasteiger partial charge in [0, 0.05) is 5.56 Å². The van der Waals surface area contributed by atoms with Crippen LogP contribution in [0.25, 0.3) is 22.6 Å². The molecule has 0 atom stereocenters. The molecule has 4 aromatic rings. The molecular formula is C24H21ClN2O3. The third-order valence-corrected chi connectivity index (χ3v) is 5.27. The Morgan fingerprint density at radius 3 is 2.63 bits per heavy atom. The van der Waals surface area contributed by atoms with Gasteiger partial charge in [-0.1, -0.05) is 29.8 Å². The zero-order chi connectivity index (χ0) is 21.4. The fourth-order valence-corrected chi connectivity index (χ4v) is 3.71. The summed E-state index contributed by atoms with van der Waals surface area (Å²) in [5.41, 5.74) is 6.20. The summed E-state index contributed by atoms with van der Waals surface area (Å²) >= 11 is 6.35. The van der Waals surface area contributed by atoms with Crippen molar-refractivity contribution in [1.29, 1.82) is 0 Å². The molecule has 3 aromatic carbocycles. The van der Waals surface area contributed by atoms with Crippen LogP contribution in [0.15, 0.2) is 52.9 Å². The molecule has 0 unspecified atom stereocenters. The third-order valence-electron chi connectivity index (χ3n) is 4.94. The number of benzene rings is 3. The number of aromatic nitrogens is 1. The van der Waals surface area contributed by atoms with Gasteiger partial charge in [-0.2, -0.15) is 0 Å². The van der Waals surface area contributed by atoms with E-state index in [9.17, 15) is 4.79 Å². The highest BCUT2D eigenvalue weighted by Gasteiger charge is 2.17. The summed E-state index contributed by atoms with van der Waals surface area (Å²) in [5.74, 6) is 0.699. The van der Waals surface area contributed by atoms with Gasteiger partial charge in [0.15, 0.2) is 5.58 Å². The van der Waals surface area contributed by atoms with Gasteiger partial charge >= 0.3 is 0 Å². The minimum atomic E-state index is -0.307. The van der Waals surface area contributed by atoms with Crippen LogP contribution in [0.4, 0.5) is 5.69 Å². The number of carbonyl (C=O) groups excluding carboxylic acids is 1. The minimum absolute atomic E-state index is 0.307. The van der Waals surface area contributed by atoms with Crippen LogP contribution in [0, 0.1) is 20.8 Å². The zero-order valence-electron chi connectivity index (χ0n) is 17.2. The Bertz CT molecular complexity index is 1280. The van der Waals surface area contributed by atoms with Crippen molar-refractivity contribution in [1.82, 2.24) is 4.98 Å². The van der Waals surface area contributed by atoms with Gasteiger partial charge in [0.25, 0.3) is 5.91 Å². The number of nitrogens with zero attached hydrogens (tertiary/aromatic N) is 1. The Labute approximate surface area is 179 Å². The first kappa shape index (κ1) is 20.0. The van der Waals surface area contributed by atoms with E-state index in [-0.39, 0.29) is 5.91 Å². The summed E-state index contributed by atoms with van der Waals surface area (Å²) in [6.45, 7) is 5.91. The van der Waals surface area contributed by atoms with Gasteiger partial charge < -0.3 is 14.5 Å². The van der Waals surface area contributed by atoms with Crippen molar-refractivity contribution in [3.8, 4) is 17.2 Å². The molecule has 30 heavy (non-hydrogen) atoms. The maximum atomic E-state index is 12.9. The molecule has 0 aliphatic carbocycles. The SMILES string of the molecule is COc1c(C)cccc1C(=O)Nc1cc(-c2nc3cc(C)cc(C)c3o2)ccc1Cl. The van der Waals surface area contributed by atoms with Crippen molar-refractivity contribution in [3.05, 3.63) is 75.8 Å². The van der Waals surface area contributed by atoms with Crippen molar-refractivity contribution in [3.63, 3.8) is 0 Å². The number of aryl methyl sites for hydroxylation is 3. The van der Waals surface area contributed by atoms with Crippen LogP contribution in [0.3, 0.4) is 0 Å². The summed E-state index contributed by atoms with van der Waals surface area (Å²) in [7, 11) is 1.55. The molecule has 0 aliphatic heterocycles. The smallest absolute Gasteiger partial charge is 0.259 e. The second-order valence-electron chi connectivity index (χ2n) is 7.25. The third kappa shape index (κ3) is 3.64. The van der Waals surface area contributed by atoms with Gasteiger partial charge in [0.1, 0.15) is 11.3 Å². The molecule has 1 N–H and O–H groups in total. The first-order valence-electron chi connectivity index (χ1n) is 9.50. The van der Waals surface area contributed by atoms with Crippen LogP contribution >= 0.6 is 11.6 Å². The second kappa shape index (κ2) is 7.84. The van der Waals surface area contributed by atoms with Gasteiger partial charge in [0.05, 0.1) is 23.4 Å². The predicted octanol–water partition coefficient (Wildman–Crippen LogP) is 6.33. The molecule has 6 heteroatoms. The van der Waals surface area contributed by atoms with E-state index in [0.717, 1.165) is 33.4 Å². The van der Waals surface area contributed by atoms with Crippen molar-refractivity contribution >= 4 is 34.3 Å². The molecule has 1 amide bonds. The summed E-state index contributed by atoms with van der Waals surface area (Å²) < 4.78 is 11.4. The molecule has 0 saturated carbocycles. The first-order valence-corrected chi connectivity index (χ1v) is 9.88.